The largest absolute Gasteiger partial charge is 0.495 e. The van der Waals surface area contributed by atoms with Crippen LogP contribution >= 0.6 is 11.6 Å². The van der Waals surface area contributed by atoms with Crippen LogP contribution in [0.2, 0.25) is 5.02 Å². The fraction of sp³-hybridized carbons (Fsp3) is 0.217. The van der Waals surface area contributed by atoms with Gasteiger partial charge in [-0.15, -0.1) is 5.10 Å². The van der Waals surface area contributed by atoms with Gasteiger partial charge in [0.05, 0.1) is 19.2 Å². The number of anilines is 1. The third-order valence-corrected chi connectivity index (χ3v) is 5.37. The molecule has 1 amide bonds. The lowest BCUT2D eigenvalue weighted by atomic mass is 10.1. The van der Waals surface area contributed by atoms with E-state index in [0.29, 0.717) is 28.1 Å². The third kappa shape index (κ3) is 4.22. The molecule has 2 heterocycles. The molecular formula is C23H22ClN5O2. The van der Waals surface area contributed by atoms with E-state index in [4.69, 9.17) is 16.3 Å². The maximum atomic E-state index is 12.8. The Morgan fingerprint density at radius 3 is 2.55 bits per heavy atom. The number of hydrogen-bond acceptors (Lipinski definition) is 5. The minimum absolute atomic E-state index is 0.135. The van der Waals surface area contributed by atoms with Crippen LogP contribution in [0, 0.1) is 20.8 Å². The van der Waals surface area contributed by atoms with E-state index in [0.717, 1.165) is 22.5 Å². The van der Waals surface area contributed by atoms with Gasteiger partial charge in [0.25, 0.3) is 5.78 Å². The quantitative estimate of drug-likeness (QED) is 0.497. The molecule has 2 aromatic carbocycles. The standard InChI is InChI=1S/C23H22ClN5O2/c1-13-5-7-16(8-6-13)22-27-23-25-14(2)18(15(3)29(23)28-22)12-21(30)26-19-11-17(24)9-10-20(19)31-4/h5-11H,12H2,1-4H3,(H,26,30). The van der Waals surface area contributed by atoms with E-state index in [1.165, 1.54) is 5.56 Å². The zero-order valence-electron chi connectivity index (χ0n) is 17.7. The zero-order valence-corrected chi connectivity index (χ0v) is 18.5. The topological polar surface area (TPSA) is 81.4 Å². The number of methoxy groups -OCH3 is 1. The normalized spacial score (nSPS) is 11.0. The first kappa shape index (κ1) is 20.8. The predicted molar refractivity (Wildman–Crippen MR) is 121 cm³/mol. The van der Waals surface area contributed by atoms with Crippen LogP contribution in [-0.2, 0) is 11.2 Å². The monoisotopic (exact) mass is 435 g/mol. The van der Waals surface area contributed by atoms with Gasteiger partial charge in [-0.1, -0.05) is 41.4 Å². The average Bonchev–Trinajstić information content (AvgIpc) is 3.16. The van der Waals surface area contributed by atoms with Crippen molar-refractivity contribution in [3.8, 4) is 17.1 Å². The third-order valence-electron chi connectivity index (χ3n) is 5.13. The molecule has 0 atom stereocenters. The number of nitrogens with one attached hydrogen (secondary N) is 1. The van der Waals surface area contributed by atoms with E-state index in [1.54, 1.807) is 29.8 Å². The number of aryl methyl sites for hydroxylation is 3. The van der Waals surface area contributed by atoms with Crippen molar-refractivity contribution in [3.05, 3.63) is 70.0 Å². The summed E-state index contributed by atoms with van der Waals surface area (Å²) in [5.74, 6) is 1.44. The summed E-state index contributed by atoms with van der Waals surface area (Å²) >= 11 is 6.06. The maximum absolute atomic E-state index is 12.8. The molecule has 8 heteroatoms. The molecule has 4 rings (SSSR count). The SMILES string of the molecule is COc1ccc(Cl)cc1NC(=O)Cc1c(C)nc2nc(-c3ccc(C)cc3)nn2c1C. The van der Waals surface area contributed by atoms with Crippen LogP contribution in [0.3, 0.4) is 0 Å². The Morgan fingerprint density at radius 2 is 1.84 bits per heavy atom. The number of benzene rings is 2. The van der Waals surface area contributed by atoms with Crippen molar-refractivity contribution in [1.29, 1.82) is 0 Å². The van der Waals surface area contributed by atoms with E-state index in [-0.39, 0.29) is 12.3 Å². The van der Waals surface area contributed by atoms with Gasteiger partial charge in [-0.3, -0.25) is 4.79 Å². The number of carbonyl (C=O) groups is 1. The molecule has 0 spiro atoms. The van der Waals surface area contributed by atoms with E-state index < -0.39 is 0 Å². The van der Waals surface area contributed by atoms with Gasteiger partial charge in [0.2, 0.25) is 5.91 Å². The Balaban J connectivity index is 1.64. The minimum Gasteiger partial charge on any atom is -0.495 e. The summed E-state index contributed by atoms with van der Waals surface area (Å²) in [6.45, 7) is 5.82. The summed E-state index contributed by atoms with van der Waals surface area (Å²) in [5.41, 5.74) is 4.96. The second kappa shape index (κ2) is 8.35. The number of halogens is 1. The Kier molecular flexibility index (Phi) is 5.61. The van der Waals surface area contributed by atoms with Gasteiger partial charge in [-0.25, -0.2) is 9.50 Å². The fourth-order valence-corrected chi connectivity index (χ4v) is 3.59. The van der Waals surface area contributed by atoms with Gasteiger partial charge in [0.1, 0.15) is 5.75 Å². The van der Waals surface area contributed by atoms with Crippen molar-refractivity contribution in [2.24, 2.45) is 0 Å². The van der Waals surface area contributed by atoms with Crippen LogP contribution in [-0.4, -0.2) is 32.6 Å². The highest BCUT2D eigenvalue weighted by Gasteiger charge is 2.17. The molecule has 1 N–H and O–H groups in total. The molecule has 0 fully saturated rings. The second-order valence-electron chi connectivity index (χ2n) is 7.34. The Bertz CT molecular complexity index is 1280. The number of aromatic nitrogens is 4. The number of amides is 1. The molecule has 0 radical (unpaired) electrons. The molecule has 0 aliphatic heterocycles. The lowest BCUT2D eigenvalue weighted by Gasteiger charge is -2.13. The Labute approximate surface area is 185 Å². The highest BCUT2D eigenvalue weighted by Crippen LogP contribution is 2.28. The van der Waals surface area contributed by atoms with Crippen molar-refractivity contribution < 1.29 is 9.53 Å². The van der Waals surface area contributed by atoms with E-state index in [2.05, 4.69) is 20.4 Å². The molecule has 0 aliphatic carbocycles. The highest BCUT2D eigenvalue weighted by atomic mass is 35.5. The number of ether oxygens (including phenoxy) is 1. The van der Waals surface area contributed by atoms with Crippen LogP contribution < -0.4 is 10.1 Å². The Morgan fingerprint density at radius 1 is 1.10 bits per heavy atom. The zero-order chi connectivity index (χ0) is 22.1. The summed E-state index contributed by atoms with van der Waals surface area (Å²) in [5, 5.41) is 8.00. The molecule has 0 unspecified atom stereocenters. The lowest BCUT2D eigenvalue weighted by molar-refractivity contribution is -0.115. The molecule has 2 aromatic heterocycles. The second-order valence-corrected chi connectivity index (χ2v) is 7.78. The highest BCUT2D eigenvalue weighted by molar-refractivity contribution is 6.31. The maximum Gasteiger partial charge on any atom is 0.253 e. The van der Waals surface area contributed by atoms with Crippen LogP contribution in [0.25, 0.3) is 17.2 Å². The number of nitrogens with zero attached hydrogens (tertiary/aromatic N) is 4. The first-order valence-corrected chi connectivity index (χ1v) is 10.2. The van der Waals surface area contributed by atoms with Crippen molar-refractivity contribution in [1.82, 2.24) is 19.6 Å². The number of carbonyl (C=O) groups excluding carboxylic acids is 1. The van der Waals surface area contributed by atoms with Crippen molar-refractivity contribution in [3.63, 3.8) is 0 Å². The number of hydrogen-bond donors (Lipinski definition) is 1. The van der Waals surface area contributed by atoms with Gasteiger partial charge >= 0.3 is 0 Å². The molecular weight excluding hydrogens is 414 g/mol. The average molecular weight is 436 g/mol. The van der Waals surface area contributed by atoms with Crippen molar-refractivity contribution in [2.45, 2.75) is 27.2 Å². The van der Waals surface area contributed by atoms with Gasteiger partial charge < -0.3 is 10.1 Å². The van der Waals surface area contributed by atoms with Crippen LogP contribution in [0.1, 0.15) is 22.5 Å². The predicted octanol–water partition coefficient (Wildman–Crippen LogP) is 4.56. The molecule has 31 heavy (non-hydrogen) atoms. The van der Waals surface area contributed by atoms with Gasteiger partial charge in [0, 0.05) is 27.5 Å². The first-order chi connectivity index (χ1) is 14.9. The summed E-state index contributed by atoms with van der Waals surface area (Å²) in [6, 6.07) is 13.1. The minimum atomic E-state index is -0.202. The van der Waals surface area contributed by atoms with Crippen LogP contribution in [0.4, 0.5) is 5.69 Å². The molecule has 7 nitrogen and oxygen atoms in total. The van der Waals surface area contributed by atoms with E-state index in [1.807, 2.05) is 45.0 Å². The number of fused-ring (bicyclic) bond motifs is 1. The summed E-state index contributed by atoms with van der Waals surface area (Å²) < 4.78 is 6.99. The summed E-state index contributed by atoms with van der Waals surface area (Å²) in [7, 11) is 1.54. The number of rotatable bonds is 5. The molecule has 0 bridgehead atoms. The van der Waals surface area contributed by atoms with E-state index >= 15 is 0 Å². The summed E-state index contributed by atoms with van der Waals surface area (Å²) in [6.07, 6.45) is 0.135. The van der Waals surface area contributed by atoms with Crippen molar-refractivity contribution in [2.75, 3.05) is 12.4 Å². The molecule has 0 aliphatic rings. The molecule has 4 aromatic rings. The molecule has 158 valence electrons. The van der Waals surface area contributed by atoms with Gasteiger partial charge in [0.15, 0.2) is 5.82 Å². The van der Waals surface area contributed by atoms with Crippen molar-refractivity contribution >= 4 is 29.0 Å². The van der Waals surface area contributed by atoms with Crippen LogP contribution in [0.5, 0.6) is 5.75 Å². The lowest BCUT2D eigenvalue weighted by Crippen LogP contribution is -2.18. The van der Waals surface area contributed by atoms with Gasteiger partial charge in [-0.05, 0) is 39.0 Å². The van der Waals surface area contributed by atoms with E-state index in [9.17, 15) is 4.79 Å². The molecule has 0 saturated carbocycles. The Hall–Kier alpha value is -3.45. The smallest absolute Gasteiger partial charge is 0.253 e. The first-order valence-electron chi connectivity index (χ1n) is 9.79. The fourth-order valence-electron chi connectivity index (χ4n) is 3.42. The molecule has 0 saturated heterocycles. The van der Waals surface area contributed by atoms with Gasteiger partial charge in [-0.2, -0.15) is 4.98 Å². The van der Waals surface area contributed by atoms with Crippen LogP contribution in [0.15, 0.2) is 42.5 Å². The summed E-state index contributed by atoms with van der Waals surface area (Å²) in [4.78, 5) is 21.9.